The average Bonchev–Trinajstić information content (AvgIpc) is 2.95. The quantitative estimate of drug-likeness (QED) is 0.868. The van der Waals surface area contributed by atoms with Crippen LogP contribution in [0.5, 0.6) is 0 Å². The van der Waals surface area contributed by atoms with E-state index in [1.54, 1.807) is 7.11 Å². The lowest BCUT2D eigenvalue weighted by Gasteiger charge is -2.47. The molecule has 1 N–H and O–H groups in total. The zero-order valence-corrected chi connectivity index (χ0v) is 14.3. The monoisotopic (exact) mass is 314 g/mol. The fourth-order valence-corrected chi connectivity index (χ4v) is 5.88. The molecule has 4 heteroatoms. The van der Waals surface area contributed by atoms with Crippen molar-refractivity contribution in [3.8, 4) is 0 Å². The minimum absolute atomic E-state index is 0.0471. The van der Waals surface area contributed by atoms with Crippen LogP contribution in [0.15, 0.2) is 0 Å². The van der Waals surface area contributed by atoms with Crippen molar-refractivity contribution in [3.63, 3.8) is 0 Å². The van der Waals surface area contributed by atoms with E-state index in [9.17, 15) is 5.11 Å². The highest BCUT2D eigenvalue weighted by Gasteiger charge is 2.49. The summed E-state index contributed by atoms with van der Waals surface area (Å²) in [5, 5.41) is 11.1. The van der Waals surface area contributed by atoms with Crippen LogP contribution in [-0.2, 0) is 9.47 Å². The highest BCUT2D eigenvalue weighted by atomic mass is 32.2. The van der Waals surface area contributed by atoms with E-state index in [1.807, 2.05) is 11.8 Å². The summed E-state index contributed by atoms with van der Waals surface area (Å²) < 4.78 is 12.0. The van der Waals surface area contributed by atoms with Gasteiger partial charge in [0.25, 0.3) is 0 Å². The van der Waals surface area contributed by atoms with Gasteiger partial charge in [-0.2, -0.15) is 11.8 Å². The first-order valence-corrected chi connectivity index (χ1v) is 9.70. The maximum absolute atomic E-state index is 11.1. The summed E-state index contributed by atoms with van der Waals surface area (Å²) in [5.41, 5.74) is -0.257. The minimum atomic E-state index is -0.332. The zero-order valence-electron chi connectivity index (χ0n) is 13.5. The molecule has 3 fully saturated rings. The van der Waals surface area contributed by atoms with Crippen LogP contribution in [0.2, 0.25) is 0 Å². The van der Waals surface area contributed by atoms with Gasteiger partial charge < -0.3 is 14.6 Å². The van der Waals surface area contributed by atoms with Crippen LogP contribution < -0.4 is 0 Å². The Morgan fingerprint density at radius 1 is 1.24 bits per heavy atom. The summed E-state index contributed by atoms with van der Waals surface area (Å²) >= 11 is 2.00. The van der Waals surface area contributed by atoms with Crippen molar-refractivity contribution >= 4 is 11.8 Å². The lowest BCUT2D eigenvalue weighted by molar-refractivity contribution is -0.175. The first kappa shape index (κ1) is 16.1. The molecule has 2 heterocycles. The molecule has 1 saturated carbocycles. The Hall–Kier alpha value is 0.230. The molecule has 0 bridgehead atoms. The molecule has 21 heavy (non-hydrogen) atoms. The van der Waals surface area contributed by atoms with E-state index >= 15 is 0 Å². The van der Waals surface area contributed by atoms with E-state index in [0.29, 0.717) is 5.92 Å². The van der Waals surface area contributed by atoms with Crippen molar-refractivity contribution in [1.82, 2.24) is 0 Å². The molecule has 0 aromatic rings. The topological polar surface area (TPSA) is 38.7 Å². The van der Waals surface area contributed by atoms with Gasteiger partial charge in [-0.15, -0.1) is 0 Å². The van der Waals surface area contributed by atoms with Gasteiger partial charge in [-0.25, -0.2) is 0 Å². The second-order valence-electron chi connectivity index (χ2n) is 7.48. The third kappa shape index (κ3) is 3.15. The number of methoxy groups -OCH3 is 1. The highest BCUT2D eigenvalue weighted by molar-refractivity contribution is 7.99. The predicted octanol–water partition coefficient (Wildman–Crippen LogP) is 3.24. The largest absolute Gasteiger partial charge is 0.390 e. The Labute approximate surface area is 133 Å². The summed E-state index contributed by atoms with van der Waals surface area (Å²) in [4.78, 5) is 0. The number of aliphatic hydroxyl groups excluding tert-OH is 1. The highest BCUT2D eigenvalue weighted by Crippen LogP contribution is 2.46. The van der Waals surface area contributed by atoms with Crippen LogP contribution in [0.3, 0.4) is 0 Å². The van der Waals surface area contributed by atoms with Crippen LogP contribution in [0, 0.1) is 11.8 Å². The molecule has 0 aromatic heterocycles. The number of rotatable bonds is 3. The van der Waals surface area contributed by atoms with Gasteiger partial charge in [0.1, 0.15) is 0 Å². The van der Waals surface area contributed by atoms with Gasteiger partial charge >= 0.3 is 0 Å². The first-order valence-electron chi connectivity index (χ1n) is 8.54. The normalized spacial score (nSPS) is 45.9. The second kappa shape index (κ2) is 6.38. The minimum Gasteiger partial charge on any atom is -0.390 e. The smallest absolute Gasteiger partial charge is 0.0939 e. The van der Waals surface area contributed by atoms with Gasteiger partial charge in [-0.1, -0.05) is 6.92 Å². The molecule has 2 saturated heterocycles. The number of ether oxygens (including phenoxy) is 2. The standard InChI is InChI=1S/C17H30O3S/c1-13-3-6-17(19-2,7-4-13)15(18)14-5-9-20-16(11-14)8-10-21-12-16/h13-15,18H,3-12H2,1-2H3. The Bertz CT molecular complexity index is 346. The molecule has 0 amide bonds. The number of aliphatic hydroxyl groups is 1. The Morgan fingerprint density at radius 3 is 2.62 bits per heavy atom. The maximum atomic E-state index is 11.1. The van der Waals surface area contributed by atoms with Gasteiger partial charge in [0, 0.05) is 19.5 Å². The summed E-state index contributed by atoms with van der Waals surface area (Å²) in [6, 6.07) is 0. The Balaban J connectivity index is 1.69. The number of hydrogen-bond donors (Lipinski definition) is 1. The third-order valence-electron chi connectivity index (χ3n) is 6.11. The van der Waals surface area contributed by atoms with Gasteiger partial charge in [0.2, 0.25) is 0 Å². The second-order valence-corrected chi connectivity index (χ2v) is 8.59. The van der Waals surface area contributed by atoms with E-state index < -0.39 is 0 Å². The fraction of sp³-hybridized carbons (Fsp3) is 1.00. The number of hydrogen-bond acceptors (Lipinski definition) is 4. The Kier molecular flexibility index (Phi) is 4.90. The lowest BCUT2D eigenvalue weighted by atomic mass is 9.70. The first-order chi connectivity index (χ1) is 10.1. The van der Waals surface area contributed by atoms with Crippen LogP contribution in [0.25, 0.3) is 0 Å². The molecule has 3 nitrogen and oxygen atoms in total. The molecule has 2 aliphatic heterocycles. The summed E-state index contributed by atoms with van der Waals surface area (Å²) in [6.07, 6.45) is 7.18. The molecular weight excluding hydrogens is 284 g/mol. The van der Waals surface area contributed by atoms with Gasteiger partial charge in [-0.3, -0.25) is 0 Å². The molecule has 1 spiro atoms. The SMILES string of the molecule is COC1(C(O)C2CCOC3(CCSC3)C2)CCC(C)CC1. The third-order valence-corrected chi connectivity index (χ3v) is 7.33. The summed E-state index contributed by atoms with van der Waals surface area (Å²) in [5.74, 6) is 3.42. The lowest BCUT2D eigenvalue weighted by Crippen LogP contribution is -2.54. The molecule has 3 atom stereocenters. The van der Waals surface area contributed by atoms with Crippen LogP contribution in [-0.4, -0.2) is 47.6 Å². The summed E-state index contributed by atoms with van der Waals surface area (Å²) in [6.45, 7) is 3.11. The van der Waals surface area contributed by atoms with Gasteiger partial charge in [0.15, 0.2) is 0 Å². The van der Waals surface area contributed by atoms with Gasteiger partial charge in [0.05, 0.1) is 17.3 Å². The Morgan fingerprint density at radius 2 is 2.00 bits per heavy atom. The average molecular weight is 314 g/mol. The van der Waals surface area contributed by atoms with E-state index in [4.69, 9.17) is 9.47 Å². The predicted molar refractivity (Wildman–Crippen MR) is 86.7 cm³/mol. The van der Waals surface area contributed by atoms with E-state index in [1.165, 1.54) is 18.6 Å². The molecule has 3 aliphatic rings. The van der Waals surface area contributed by atoms with Gasteiger partial charge in [-0.05, 0) is 62.5 Å². The van der Waals surface area contributed by atoms with Crippen molar-refractivity contribution in [2.75, 3.05) is 25.2 Å². The van der Waals surface area contributed by atoms with E-state index in [-0.39, 0.29) is 17.3 Å². The molecule has 0 aromatic carbocycles. The van der Waals surface area contributed by atoms with Crippen molar-refractivity contribution in [2.45, 2.75) is 69.2 Å². The van der Waals surface area contributed by atoms with Crippen molar-refractivity contribution in [3.05, 3.63) is 0 Å². The van der Waals surface area contributed by atoms with Crippen LogP contribution in [0.4, 0.5) is 0 Å². The maximum Gasteiger partial charge on any atom is 0.0939 e. The molecule has 0 radical (unpaired) electrons. The van der Waals surface area contributed by atoms with Crippen LogP contribution >= 0.6 is 11.8 Å². The molecular formula is C17H30O3S. The van der Waals surface area contributed by atoms with Crippen molar-refractivity contribution in [2.24, 2.45) is 11.8 Å². The fourth-order valence-electron chi connectivity index (χ4n) is 4.50. The van der Waals surface area contributed by atoms with E-state index in [2.05, 4.69) is 6.92 Å². The van der Waals surface area contributed by atoms with Crippen molar-refractivity contribution in [1.29, 1.82) is 0 Å². The molecule has 1 aliphatic carbocycles. The molecule has 3 unspecified atom stereocenters. The van der Waals surface area contributed by atoms with E-state index in [0.717, 1.165) is 50.4 Å². The molecule has 3 rings (SSSR count). The number of thioether (sulfide) groups is 1. The van der Waals surface area contributed by atoms with Crippen molar-refractivity contribution < 1.29 is 14.6 Å². The summed E-state index contributed by atoms with van der Waals surface area (Å²) in [7, 11) is 1.79. The molecule has 122 valence electrons. The van der Waals surface area contributed by atoms with Crippen LogP contribution in [0.1, 0.15) is 51.9 Å². The zero-order chi connectivity index (χ0) is 14.9.